The maximum atomic E-state index is 11.6. The standard InChI is InChI=1S/C12H21NO4/c1-8(9-7-16-6-5-10(9)14)13-11(15)17-12(2,3)4/h8-9H,5-7H2,1-4H3,(H,13,15)/t8-,9+/m0/s1. The summed E-state index contributed by atoms with van der Waals surface area (Å²) >= 11 is 0. The lowest BCUT2D eigenvalue weighted by atomic mass is 9.94. The summed E-state index contributed by atoms with van der Waals surface area (Å²) in [6, 6.07) is -0.266. The fourth-order valence-electron chi connectivity index (χ4n) is 1.68. The number of rotatable bonds is 2. The molecule has 1 N–H and O–H groups in total. The first kappa shape index (κ1) is 14.0. The Balaban J connectivity index is 2.45. The third kappa shape index (κ3) is 4.73. The molecule has 0 aliphatic carbocycles. The second-order valence-corrected chi connectivity index (χ2v) is 5.33. The number of ketones is 1. The third-order valence-corrected chi connectivity index (χ3v) is 2.55. The first-order valence-corrected chi connectivity index (χ1v) is 5.89. The predicted molar refractivity (Wildman–Crippen MR) is 62.8 cm³/mol. The van der Waals surface area contributed by atoms with Gasteiger partial charge < -0.3 is 14.8 Å². The topological polar surface area (TPSA) is 64.6 Å². The first-order valence-electron chi connectivity index (χ1n) is 5.89. The Bertz CT molecular complexity index is 295. The molecule has 1 heterocycles. The van der Waals surface area contributed by atoms with Crippen LogP contribution in [-0.4, -0.2) is 36.7 Å². The van der Waals surface area contributed by atoms with Crippen molar-refractivity contribution in [2.24, 2.45) is 5.92 Å². The molecule has 0 saturated carbocycles. The number of nitrogens with one attached hydrogen (secondary N) is 1. The Morgan fingerprint density at radius 1 is 1.53 bits per heavy atom. The van der Waals surface area contributed by atoms with E-state index >= 15 is 0 Å². The second kappa shape index (κ2) is 5.49. The molecule has 5 heteroatoms. The third-order valence-electron chi connectivity index (χ3n) is 2.55. The smallest absolute Gasteiger partial charge is 0.407 e. The van der Waals surface area contributed by atoms with Gasteiger partial charge in [-0.15, -0.1) is 0 Å². The number of hydrogen-bond donors (Lipinski definition) is 1. The van der Waals surface area contributed by atoms with Gasteiger partial charge in [-0.1, -0.05) is 0 Å². The normalized spacial score (nSPS) is 23.1. The Kier molecular flexibility index (Phi) is 4.51. The van der Waals surface area contributed by atoms with E-state index in [1.807, 2.05) is 0 Å². The summed E-state index contributed by atoms with van der Waals surface area (Å²) in [7, 11) is 0. The highest BCUT2D eigenvalue weighted by molar-refractivity contribution is 5.83. The first-order chi connectivity index (χ1) is 7.79. The highest BCUT2D eigenvalue weighted by Gasteiger charge is 2.30. The molecule has 0 bridgehead atoms. The van der Waals surface area contributed by atoms with E-state index in [-0.39, 0.29) is 17.7 Å². The van der Waals surface area contributed by atoms with Crippen molar-refractivity contribution >= 4 is 11.9 Å². The van der Waals surface area contributed by atoms with Gasteiger partial charge in [0.2, 0.25) is 0 Å². The number of carbonyl (C=O) groups excluding carboxylic acids is 2. The van der Waals surface area contributed by atoms with Gasteiger partial charge in [0.1, 0.15) is 11.4 Å². The molecule has 5 nitrogen and oxygen atoms in total. The van der Waals surface area contributed by atoms with Crippen molar-refractivity contribution in [1.29, 1.82) is 0 Å². The zero-order valence-electron chi connectivity index (χ0n) is 10.9. The van der Waals surface area contributed by atoms with E-state index in [4.69, 9.17) is 9.47 Å². The van der Waals surface area contributed by atoms with Gasteiger partial charge in [0.05, 0.1) is 19.1 Å². The molecule has 17 heavy (non-hydrogen) atoms. The van der Waals surface area contributed by atoms with Crippen LogP contribution in [0.1, 0.15) is 34.1 Å². The maximum Gasteiger partial charge on any atom is 0.407 e. The fraction of sp³-hybridized carbons (Fsp3) is 0.833. The molecule has 0 radical (unpaired) electrons. The Morgan fingerprint density at radius 2 is 2.18 bits per heavy atom. The summed E-state index contributed by atoms with van der Waals surface area (Å²) in [5, 5.41) is 2.67. The van der Waals surface area contributed by atoms with Gasteiger partial charge in [0.15, 0.2) is 0 Å². The molecule has 0 spiro atoms. The van der Waals surface area contributed by atoms with Crippen LogP contribution in [0.5, 0.6) is 0 Å². The van der Waals surface area contributed by atoms with Crippen LogP contribution >= 0.6 is 0 Å². The minimum Gasteiger partial charge on any atom is -0.444 e. The van der Waals surface area contributed by atoms with Crippen LogP contribution in [0.3, 0.4) is 0 Å². The van der Waals surface area contributed by atoms with Crippen LogP contribution in [0.15, 0.2) is 0 Å². The molecule has 2 atom stereocenters. The number of amides is 1. The van der Waals surface area contributed by atoms with Crippen molar-refractivity contribution < 1.29 is 19.1 Å². The SMILES string of the molecule is C[C@H](NC(=O)OC(C)(C)C)[C@H]1COCCC1=O. The minimum absolute atomic E-state index is 0.139. The lowest BCUT2D eigenvalue weighted by molar-refractivity contribution is -0.131. The molecule has 1 aliphatic heterocycles. The predicted octanol–water partition coefficient (Wildman–Crippen LogP) is 1.51. The Hall–Kier alpha value is -1.10. The number of alkyl carbamates (subject to hydrolysis) is 1. The van der Waals surface area contributed by atoms with E-state index in [9.17, 15) is 9.59 Å². The summed E-state index contributed by atoms with van der Waals surface area (Å²) < 4.78 is 10.4. The van der Waals surface area contributed by atoms with E-state index in [1.165, 1.54) is 0 Å². The monoisotopic (exact) mass is 243 g/mol. The quantitative estimate of drug-likeness (QED) is 0.798. The van der Waals surface area contributed by atoms with Gasteiger partial charge in [0, 0.05) is 12.5 Å². The summed E-state index contributed by atoms with van der Waals surface area (Å²) in [5.41, 5.74) is -0.531. The summed E-state index contributed by atoms with van der Waals surface area (Å²) in [6.07, 6.45) is -0.0752. The molecule has 1 aliphatic rings. The number of hydrogen-bond acceptors (Lipinski definition) is 4. The molecular formula is C12H21NO4. The number of carbonyl (C=O) groups is 2. The molecule has 1 rings (SSSR count). The highest BCUT2D eigenvalue weighted by Crippen LogP contribution is 2.15. The van der Waals surface area contributed by atoms with E-state index in [0.717, 1.165) is 0 Å². The van der Waals surface area contributed by atoms with E-state index in [0.29, 0.717) is 19.6 Å². The maximum absolute atomic E-state index is 11.6. The summed E-state index contributed by atoms with van der Waals surface area (Å²) in [4.78, 5) is 23.2. The molecule has 98 valence electrons. The number of ether oxygens (including phenoxy) is 2. The molecule has 0 aromatic heterocycles. The van der Waals surface area contributed by atoms with E-state index in [1.54, 1.807) is 27.7 Å². The van der Waals surface area contributed by atoms with Crippen molar-refractivity contribution in [2.75, 3.05) is 13.2 Å². The molecule has 1 amide bonds. The van der Waals surface area contributed by atoms with Crippen molar-refractivity contribution in [1.82, 2.24) is 5.32 Å². The van der Waals surface area contributed by atoms with Crippen molar-refractivity contribution in [2.45, 2.75) is 45.8 Å². The van der Waals surface area contributed by atoms with Gasteiger partial charge in [-0.3, -0.25) is 4.79 Å². The Labute approximate surface area is 102 Å². The summed E-state index contributed by atoms with van der Waals surface area (Å²) in [6.45, 7) is 8.04. The average molecular weight is 243 g/mol. The Morgan fingerprint density at radius 3 is 2.71 bits per heavy atom. The van der Waals surface area contributed by atoms with Gasteiger partial charge in [-0.05, 0) is 27.7 Å². The molecule has 0 aromatic rings. The molecule has 0 unspecified atom stereocenters. The van der Waals surface area contributed by atoms with Crippen molar-refractivity contribution in [3.8, 4) is 0 Å². The average Bonchev–Trinajstić information content (AvgIpc) is 2.14. The van der Waals surface area contributed by atoms with E-state index in [2.05, 4.69) is 5.32 Å². The van der Waals surface area contributed by atoms with Gasteiger partial charge in [-0.25, -0.2) is 4.79 Å². The van der Waals surface area contributed by atoms with Crippen LogP contribution in [-0.2, 0) is 14.3 Å². The van der Waals surface area contributed by atoms with Crippen molar-refractivity contribution in [3.05, 3.63) is 0 Å². The van der Waals surface area contributed by atoms with Gasteiger partial charge in [-0.2, -0.15) is 0 Å². The fourth-order valence-corrected chi connectivity index (χ4v) is 1.68. The lowest BCUT2D eigenvalue weighted by Crippen LogP contribution is -2.46. The van der Waals surface area contributed by atoms with Crippen LogP contribution in [0.2, 0.25) is 0 Å². The highest BCUT2D eigenvalue weighted by atomic mass is 16.6. The molecular weight excluding hydrogens is 222 g/mol. The molecule has 1 fully saturated rings. The van der Waals surface area contributed by atoms with Crippen LogP contribution in [0.4, 0.5) is 4.79 Å². The molecule has 0 aromatic carbocycles. The minimum atomic E-state index is -0.531. The van der Waals surface area contributed by atoms with Crippen molar-refractivity contribution in [3.63, 3.8) is 0 Å². The largest absolute Gasteiger partial charge is 0.444 e. The second-order valence-electron chi connectivity index (χ2n) is 5.33. The zero-order chi connectivity index (χ0) is 13.1. The van der Waals surface area contributed by atoms with E-state index < -0.39 is 11.7 Å². The lowest BCUT2D eigenvalue weighted by Gasteiger charge is -2.28. The van der Waals surface area contributed by atoms with Crippen LogP contribution in [0, 0.1) is 5.92 Å². The van der Waals surface area contributed by atoms with Crippen LogP contribution in [0.25, 0.3) is 0 Å². The zero-order valence-corrected chi connectivity index (χ0v) is 10.9. The van der Waals surface area contributed by atoms with Gasteiger partial charge >= 0.3 is 6.09 Å². The van der Waals surface area contributed by atoms with Crippen LogP contribution < -0.4 is 5.32 Å². The molecule has 1 saturated heterocycles. The van der Waals surface area contributed by atoms with Gasteiger partial charge in [0.25, 0.3) is 0 Å². The number of Topliss-reactive ketones (excluding diaryl/α,β-unsaturated/α-hetero) is 1. The summed E-state index contributed by atoms with van der Waals surface area (Å²) in [5.74, 6) is -0.129.